The van der Waals surface area contributed by atoms with Gasteiger partial charge in [-0.2, -0.15) is 4.57 Å². The molecule has 34 heavy (non-hydrogen) atoms. The minimum absolute atomic E-state index is 0. The smallest absolute Gasteiger partial charge is 0.271 e. The molecular weight excluding hydrogens is 525 g/mol. The average Bonchev–Trinajstić information content (AvgIpc) is 3.46. The molecule has 0 unspecified atom stereocenters. The van der Waals surface area contributed by atoms with E-state index in [2.05, 4.69) is 52.2 Å². The van der Waals surface area contributed by atoms with Crippen LogP contribution in [-0.2, 0) is 13.1 Å². The van der Waals surface area contributed by atoms with E-state index in [0.29, 0.717) is 13.1 Å². The minimum Gasteiger partial charge on any atom is -1.00 e. The molecule has 0 saturated heterocycles. The standard InChI is InChI=1S/C25H23ClN3OS3.ClH/c1-4-29-22(14-21-28(11-12-31-21)15-17-7-5-6-8-18(17)26)33-23(24(29)30)25-27(3)19-13-16(2)9-10-20(19)32-25;/h5-14H,4,15H2,1-3H3;1H/q+1;/p-1/b25-23+;. The summed E-state index contributed by atoms with van der Waals surface area (Å²) in [4.78, 5) is 16.7. The van der Waals surface area contributed by atoms with Gasteiger partial charge in [0.1, 0.15) is 14.2 Å². The molecule has 0 N–H and O–H groups in total. The predicted octanol–water partition coefficient (Wildman–Crippen LogP) is 1.43. The molecule has 4 nitrogen and oxygen atoms in total. The van der Waals surface area contributed by atoms with Crippen molar-refractivity contribution in [3.05, 3.63) is 94.7 Å². The SMILES string of the molecule is CCn1c(=O)/c(=C2\Sc3ccc(C)cc3N2C)s/c1=C\c1scc[n+]1Cc1ccccc1Cl.[Cl-]. The third-order valence-corrected chi connectivity index (χ3v) is 9.37. The number of halogens is 2. The lowest BCUT2D eigenvalue weighted by atomic mass is 10.2. The summed E-state index contributed by atoms with van der Waals surface area (Å²) in [7, 11) is 2.04. The molecule has 4 aromatic rings. The van der Waals surface area contributed by atoms with E-state index in [1.807, 2.05) is 42.8 Å². The Morgan fingerprint density at radius 1 is 1.18 bits per heavy atom. The quantitative estimate of drug-likeness (QED) is 0.362. The molecule has 9 heteroatoms. The maximum absolute atomic E-state index is 13.4. The molecule has 3 heterocycles. The fourth-order valence-corrected chi connectivity index (χ4v) is 7.39. The van der Waals surface area contributed by atoms with Gasteiger partial charge < -0.3 is 17.3 Å². The Bertz CT molecular complexity index is 1540. The zero-order chi connectivity index (χ0) is 23.1. The van der Waals surface area contributed by atoms with Gasteiger partial charge in [-0.3, -0.25) is 9.36 Å². The summed E-state index contributed by atoms with van der Waals surface area (Å²) < 4.78 is 5.80. The van der Waals surface area contributed by atoms with Gasteiger partial charge >= 0.3 is 0 Å². The van der Waals surface area contributed by atoms with Gasteiger partial charge in [0.05, 0.1) is 22.2 Å². The van der Waals surface area contributed by atoms with Gasteiger partial charge in [-0.15, -0.1) is 11.3 Å². The van der Waals surface area contributed by atoms with Gasteiger partial charge in [0, 0.05) is 24.1 Å². The topological polar surface area (TPSA) is 29.1 Å². The molecule has 2 aromatic heterocycles. The summed E-state index contributed by atoms with van der Waals surface area (Å²) in [5.74, 6) is 0. The number of rotatable bonds is 4. The van der Waals surface area contributed by atoms with Gasteiger partial charge in [-0.25, -0.2) is 0 Å². The van der Waals surface area contributed by atoms with Crippen LogP contribution < -0.4 is 36.6 Å². The van der Waals surface area contributed by atoms with Crippen molar-refractivity contribution in [2.24, 2.45) is 0 Å². The molecule has 0 aliphatic carbocycles. The zero-order valence-corrected chi connectivity index (χ0v) is 22.9. The van der Waals surface area contributed by atoms with Gasteiger partial charge in [0.15, 0.2) is 12.7 Å². The Kier molecular flexibility index (Phi) is 7.60. The summed E-state index contributed by atoms with van der Waals surface area (Å²) >= 11 is 11.3. The lowest BCUT2D eigenvalue weighted by Gasteiger charge is -2.12. The fraction of sp³-hybridized carbons (Fsp3) is 0.200. The molecule has 0 amide bonds. The van der Waals surface area contributed by atoms with Crippen LogP contribution >= 0.6 is 46.0 Å². The molecule has 1 aliphatic heterocycles. The second-order valence-electron chi connectivity index (χ2n) is 7.86. The third-order valence-electron chi connectivity index (χ3n) is 5.67. The Balaban J connectivity index is 0.00000274. The first-order chi connectivity index (χ1) is 16.0. The number of thiazole rings is 2. The highest BCUT2D eigenvalue weighted by atomic mass is 35.5. The number of hydrogen-bond acceptors (Lipinski definition) is 5. The molecular formula is C25H23Cl2N3OS3. The second kappa shape index (κ2) is 10.3. The second-order valence-corrected chi connectivity index (χ2v) is 11.3. The van der Waals surface area contributed by atoms with Crippen molar-refractivity contribution < 1.29 is 17.0 Å². The van der Waals surface area contributed by atoms with E-state index in [0.717, 1.165) is 35.5 Å². The van der Waals surface area contributed by atoms with Crippen molar-refractivity contribution in [2.45, 2.75) is 31.8 Å². The number of benzene rings is 2. The highest BCUT2D eigenvalue weighted by Gasteiger charge is 2.25. The highest BCUT2D eigenvalue weighted by molar-refractivity contribution is 8.08. The van der Waals surface area contributed by atoms with Crippen LogP contribution in [-0.4, -0.2) is 11.6 Å². The van der Waals surface area contributed by atoms with Crippen molar-refractivity contribution >= 4 is 62.8 Å². The van der Waals surface area contributed by atoms with Crippen molar-refractivity contribution in [1.29, 1.82) is 0 Å². The van der Waals surface area contributed by atoms with E-state index in [1.54, 1.807) is 34.4 Å². The lowest BCUT2D eigenvalue weighted by Crippen LogP contribution is -3.00. The molecule has 0 radical (unpaired) electrons. The first-order valence-corrected chi connectivity index (χ1v) is 13.5. The van der Waals surface area contributed by atoms with Crippen LogP contribution in [0.3, 0.4) is 0 Å². The summed E-state index contributed by atoms with van der Waals surface area (Å²) in [5, 5.41) is 4.92. The van der Waals surface area contributed by atoms with Crippen LogP contribution in [0.2, 0.25) is 5.02 Å². The largest absolute Gasteiger partial charge is 1.00 e. The van der Waals surface area contributed by atoms with Crippen molar-refractivity contribution in [2.75, 3.05) is 11.9 Å². The number of thioether (sulfide) groups is 1. The molecule has 1 aliphatic rings. The number of hydrogen-bond donors (Lipinski definition) is 0. The van der Waals surface area contributed by atoms with E-state index in [9.17, 15) is 4.79 Å². The number of aryl methyl sites for hydroxylation is 1. The summed E-state index contributed by atoms with van der Waals surface area (Å²) in [5.41, 5.74) is 3.52. The van der Waals surface area contributed by atoms with Crippen LogP contribution in [0.25, 0.3) is 11.1 Å². The highest BCUT2D eigenvalue weighted by Crippen LogP contribution is 2.45. The molecule has 0 bridgehead atoms. The monoisotopic (exact) mass is 547 g/mol. The lowest BCUT2D eigenvalue weighted by molar-refractivity contribution is -0.685. The third kappa shape index (κ3) is 4.60. The molecule has 2 aromatic carbocycles. The van der Waals surface area contributed by atoms with Crippen molar-refractivity contribution in [3.63, 3.8) is 0 Å². The Morgan fingerprint density at radius 3 is 2.74 bits per heavy atom. The normalized spacial score (nSPS) is 14.9. The fourth-order valence-electron chi connectivity index (χ4n) is 3.90. The summed E-state index contributed by atoms with van der Waals surface area (Å²) in [6.45, 7) is 5.44. The molecule has 5 rings (SSSR count). The van der Waals surface area contributed by atoms with E-state index in [1.165, 1.54) is 10.5 Å². The maximum atomic E-state index is 13.4. The number of anilines is 1. The van der Waals surface area contributed by atoms with E-state index >= 15 is 0 Å². The first kappa shape index (κ1) is 25.1. The van der Waals surface area contributed by atoms with Gasteiger partial charge in [0.2, 0.25) is 0 Å². The molecule has 176 valence electrons. The zero-order valence-electron chi connectivity index (χ0n) is 18.9. The minimum atomic E-state index is 0. The van der Waals surface area contributed by atoms with Crippen LogP contribution in [0.4, 0.5) is 5.69 Å². The first-order valence-electron chi connectivity index (χ1n) is 10.6. The molecule has 0 atom stereocenters. The molecule has 0 spiro atoms. The van der Waals surface area contributed by atoms with E-state index in [-0.39, 0.29) is 18.0 Å². The predicted molar refractivity (Wildman–Crippen MR) is 141 cm³/mol. The molecule has 0 fully saturated rings. The Labute approximate surface area is 221 Å². The average molecular weight is 549 g/mol. The van der Waals surface area contributed by atoms with Crippen LogP contribution in [0, 0.1) is 6.92 Å². The summed E-state index contributed by atoms with van der Waals surface area (Å²) in [6.07, 6.45) is 4.19. The Morgan fingerprint density at radius 2 is 1.97 bits per heavy atom. The van der Waals surface area contributed by atoms with E-state index in [4.69, 9.17) is 11.6 Å². The summed E-state index contributed by atoms with van der Waals surface area (Å²) in [6, 6.07) is 14.4. The molecule has 0 saturated carbocycles. The van der Waals surface area contributed by atoms with Gasteiger partial charge in [0.25, 0.3) is 10.6 Å². The number of aromatic nitrogens is 2. The maximum Gasteiger partial charge on any atom is 0.271 e. The van der Waals surface area contributed by atoms with Crippen LogP contribution in [0.5, 0.6) is 0 Å². The van der Waals surface area contributed by atoms with Crippen LogP contribution in [0.15, 0.2) is 63.7 Å². The number of fused-ring (bicyclic) bond motifs is 1. The van der Waals surface area contributed by atoms with Gasteiger partial charge in [-0.05, 0) is 37.6 Å². The van der Waals surface area contributed by atoms with Crippen LogP contribution in [0.1, 0.15) is 23.1 Å². The Hall–Kier alpha value is -2.03. The van der Waals surface area contributed by atoms with Crippen molar-refractivity contribution in [1.82, 2.24) is 4.57 Å². The van der Waals surface area contributed by atoms with Crippen molar-refractivity contribution in [3.8, 4) is 0 Å². The van der Waals surface area contributed by atoms with E-state index < -0.39 is 0 Å². The van der Waals surface area contributed by atoms with Gasteiger partial charge in [-0.1, -0.05) is 59.0 Å². The number of nitrogens with zero attached hydrogens (tertiary/aromatic N) is 3.